The number of rotatable bonds is 6. The standard InChI is InChI=1S/C21H28N4O3/c1-5-28-20-16(7-6-9-23-20)13-24-21(22-2)25-10-8-15-11-18(26-3)19(27-4)12-17(15)14-25/h6-7,9,11-12H,5,8,10,13-14H2,1-4H3,(H,22,24). The molecule has 1 aromatic carbocycles. The van der Waals surface area contributed by atoms with Gasteiger partial charge in [-0.3, -0.25) is 4.99 Å². The molecular weight excluding hydrogens is 356 g/mol. The van der Waals surface area contributed by atoms with Gasteiger partial charge in [-0.15, -0.1) is 0 Å². The Morgan fingerprint density at radius 1 is 1.21 bits per heavy atom. The summed E-state index contributed by atoms with van der Waals surface area (Å²) >= 11 is 0. The van der Waals surface area contributed by atoms with Crippen molar-refractivity contribution in [3.05, 3.63) is 47.2 Å². The van der Waals surface area contributed by atoms with E-state index in [9.17, 15) is 0 Å². The van der Waals surface area contributed by atoms with Crippen molar-refractivity contribution in [1.29, 1.82) is 0 Å². The van der Waals surface area contributed by atoms with E-state index in [-0.39, 0.29) is 0 Å². The second kappa shape index (κ2) is 9.30. The van der Waals surface area contributed by atoms with E-state index in [1.165, 1.54) is 11.1 Å². The van der Waals surface area contributed by atoms with Crippen LogP contribution in [-0.4, -0.2) is 50.3 Å². The largest absolute Gasteiger partial charge is 0.493 e. The molecular formula is C21H28N4O3. The minimum Gasteiger partial charge on any atom is -0.493 e. The molecule has 1 aliphatic heterocycles. The smallest absolute Gasteiger partial charge is 0.218 e. The van der Waals surface area contributed by atoms with Gasteiger partial charge in [-0.25, -0.2) is 4.98 Å². The monoisotopic (exact) mass is 384 g/mol. The predicted octanol–water partition coefficient (Wildman–Crippen LogP) is 2.63. The number of methoxy groups -OCH3 is 2. The average molecular weight is 384 g/mol. The Balaban J connectivity index is 1.71. The molecule has 0 aliphatic carbocycles. The Bertz CT molecular complexity index is 838. The molecule has 2 aromatic rings. The van der Waals surface area contributed by atoms with Crippen molar-refractivity contribution < 1.29 is 14.2 Å². The fraction of sp³-hybridized carbons (Fsp3) is 0.429. The molecule has 3 rings (SSSR count). The first kappa shape index (κ1) is 19.8. The quantitative estimate of drug-likeness (QED) is 0.610. The van der Waals surface area contributed by atoms with Gasteiger partial charge in [-0.05, 0) is 42.7 Å². The second-order valence-corrected chi connectivity index (χ2v) is 6.45. The lowest BCUT2D eigenvalue weighted by Gasteiger charge is -2.32. The Morgan fingerprint density at radius 3 is 2.64 bits per heavy atom. The molecule has 0 fully saturated rings. The van der Waals surface area contributed by atoms with Gasteiger partial charge in [-0.2, -0.15) is 0 Å². The molecule has 0 spiro atoms. The minimum absolute atomic E-state index is 0.590. The van der Waals surface area contributed by atoms with Crippen LogP contribution < -0.4 is 19.5 Å². The number of hydrogen-bond acceptors (Lipinski definition) is 5. The van der Waals surface area contributed by atoms with Crippen molar-refractivity contribution in [3.8, 4) is 17.4 Å². The molecule has 7 heteroatoms. The lowest BCUT2D eigenvalue weighted by atomic mass is 9.99. The summed E-state index contributed by atoms with van der Waals surface area (Å²) < 4.78 is 16.5. The molecule has 1 aromatic heterocycles. The predicted molar refractivity (Wildman–Crippen MR) is 109 cm³/mol. The van der Waals surface area contributed by atoms with Crippen LogP contribution >= 0.6 is 0 Å². The van der Waals surface area contributed by atoms with E-state index in [1.807, 2.05) is 19.1 Å². The zero-order chi connectivity index (χ0) is 19.9. The number of aliphatic imine (C=N–C) groups is 1. The molecule has 0 unspecified atom stereocenters. The van der Waals surface area contributed by atoms with Gasteiger partial charge in [0.05, 0.1) is 20.8 Å². The second-order valence-electron chi connectivity index (χ2n) is 6.45. The van der Waals surface area contributed by atoms with Crippen molar-refractivity contribution in [2.75, 3.05) is 34.4 Å². The molecule has 1 aliphatic rings. The SMILES string of the molecule is CCOc1ncccc1CNC(=NC)N1CCc2cc(OC)c(OC)cc2C1. The summed E-state index contributed by atoms with van der Waals surface area (Å²) in [6, 6.07) is 8.06. The molecule has 7 nitrogen and oxygen atoms in total. The Morgan fingerprint density at radius 2 is 1.96 bits per heavy atom. The summed E-state index contributed by atoms with van der Waals surface area (Å²) in [7, 11) is 5.13. The van der Waals surface area contributed by atoms with E-state index in [4.69, 9.17) is 14.2 Å². The Labute approximate surface area is 166 Å². The first-order valence-corrected chi connectivity index (χ1v) is 9.46. The first-order chi connectivity index (χ1) is 13.7. The number of pyridine rings is 1. The topological polar surface area (TPSA) is 68.2 Å². The van der Waals surface area contributed by atoms with Gasteiger partial charge in [0, 0.05) is 38.4 Å². The number of nitrogens with one attached hydrogen (secondary N) is 1. The van der Waals surface area contributed by atoms with E-state index in [1.54, 1.807) is 27.5 Å². The van der Waals surface area contributed by atoms with Crippen molar-refractivity contribution in [2.45, 2.75) is 26.4 Å². The summed E-state index contributed by atoms with van der Waals surface area (Å²) in [5.74, 6) is 3.04. The van der Waals surface area contributed by atoms with E-state index in [0.717, 1.165) is 42.5 Å². The fourth-order valence-electron chi connectivity index (χ4n) is 3.40. The molecule has 1 N–H and O–H groups in total. The Hall–Kier alpha value is -2.96. The van der Waals surface area contributed by atoms with Crippen LogP contribution in [0.1, 0.15) is 23.6 Å². The van der Waals surface area contributed by atoms with Crippen LogP contribution in [0.5, 0.6) is 17.4 Å². The highest BCUT2D eigenvalue weighted by molar-refractivity contribution is 5.80. The highest BCUT2D eigenvalue weighted by Gasteiger charge is 2.21. The molecule has 0 saturated heterocycles. The highest BCUT2D eigenvalue weighted by Crippen LogP contribution is 2.33. The molecule has 0 saturated carbocycles. The van der Waals surface area contributed by atoms with Crippen molar-refractivity contribution in [1.82, 2.24) is 15.2 Å². The van der Waals surface area contributed by atoms with Crippen LogP contribution in [0.4, 0.5) is 0 Å². The van der Waals surface area contributed by atoms with Gasteiger partial charge in [0.2, 0.25) is 5.88 Å². The van der Waals surface area contributed by atoms with E-state index < -0.39 is 0 Å². The van der Waals surface area contributed by atoms with Crippen LogP contribution in [0.15, 0.2) is 35.5 Å². The molecule has 0 bridgehead atoms. The number of aromatic nitrogens is 1. The third-order valence-electron chi connectivity index (χ3n) is 4.80. The lowest BCUT2D eigenvalue weighted by Crippen LogP contribution is -2.43. The van der Waals surface area contributed by atoms with Gasteiger partial charge >= 0.3 is 0 Å². The summed E-state index contributed by atoms with van der Waals surface area (Å²) in [6.45, 7) is 4.80. The number of benzene rings is 1. The number of guanidine groups is 1. The van der Waals surface area contributed by atoms with Crippen molar-refractivity contribution in [2.24, 2.45) is 4.99 Å². The van der Waals surface area contributed by atoms with E-state index in [2.05, 4.69) is 32.3 Å². The highest BCUT2D eigenvalue weighted by atomic mass is 16.5. The molecule has 0 atom stereocenters. The van der Waals surface area contributed by atoms with Gasteiger partial charge in [-0.1, -0.05) is 6.07 Å². The summed E-state index contributed by atoms with van der Waals surface area (Å²) in [4.78, 5) is 11.0. The average Bonchev–Trinajstić information content (AvgIpc) is 2.74. The number of nitrogens with zero attached hydrogens (tertiary/aromatic N) is 3. The van der Waals surface area contributed by atoms with Gasteiger partial charge in [0.15, 0.2) is 17.5 Å². The summed E-state index contributed by atoms with van der Waals surface area (Å²) in [5, 5.41) is 3.44. The minimum atomic E-state index is 0.590. The van der Waals surface area contributed by atoms with Crippen LogP contribution in [-0.2, 0) is 19.5 Å². The molecule has 150 valence electrons. The maximum absolute atomic E-state index is 5.61. The summed E-state index contributed by atoms with van der Waals surface area (Å²) in [6.07, 6.45) is 2.67. The molecule has 0 amide bonds. The van der Waals surface area contributed by atoms with Gasteiger partial charge in [0.25, 0.3) is 0 Å². The maximum Gasteiger partial charge on any atom is 0.218 e. The third-order valence-corrected chi connectivity index (χ3v) is 4.80. The molecule has 28 heavy (non-hydrogen) atoms. The number of ether oxygens (including phenoxy) is 3. The van der Waals surface area contributed by atoms with E-state index in [0.29, 0.717) is 19.0 Å². The van der Waals surface area contributed by atoms with Crippen LogP contribution in [0.3, 0.4) is 0 Å². The Kier molecular flexibility index (Phi) is 6.57. The molecule has 2 heterocycles. The van der Waals surface area contributed by atoms with E-state index >= 15 is 0 Å². The lowest BCUT2D eigenvalue weighted by molar-refractivity contribution is 0.322. The zero-order valence-electron chi connectivity index (χ0n) is 17.0. The van der Waals surface area contributed by atoms with Crippen molar-refractivity contribution in [3.63, 3.8) is 0 Å². The van der Waals surface area contributed by atoms with Gasteiger partial charge < -0.3 is 24.4 Å². The van der Waals surface area contributed by atoms with Crippen LogP contribution in [0, 0.1) is 0 Å². The van der Waals surface area contributed by atoms with Crippen molar-refractivity contribution >= 4 is 5.96 Å². The number of fused-ring (bicyclic) bond motifs is 1. The van der Waals surface area contributed by atoms with Gasteiger partial charge in [0.1, 0.15) is 0 Å². The van der Waals surface area contributed by atoms with Crippen LogP contribution in [0.25, 0.3) is 0 Å². The van der Waals surface area contributed by atoms with Crippen LogP contribution in [0.2, 0.25) is 0 Å². The summed E-state index contributed by atoms with van der Waals surface area (Å²) in [5.41, 5.74) is 3.52. The number of hydrogen-bond donors (Lipinski definition) is 1. The fourth-order valence-corrected chi connectivity index (χ4v) is 3.40. The third kappa shape index (κ3) is 4.30. The first-order valence-electron chi connectivity index (χ1n) is 9.46. The normalized spacial score (nSPS) is 13.7. The maximum atomic E-state index is 5.61. The zero-order valence-corrected chi connectivity index (χ0v) is 17.0. The molecule has 0 radical (unpaired) electrons.